The zero-order chi connectivity index (χ0) is 21.6. The summed E-state index contributed by atoms with van der Waals surface area (Å²) in [5.74, 6) is -0.0124. The summed E-state index contributed by atoms with van der Waals surface area (Å²) in [4.78, 5) is -0.0315. The summed E-state index contributed by atoms with van der Waals surface area (Å²) in [5.41, 5.74) is 2.44. The Bertz CT molecular complexity index is 1550. The van der Waals surface area contributed by atoms with Gasteiger partial charge in [0.25, 0.3) is 10.0 Å². The van der Waals surface area contributed by atoms with Crippen LogP contribution in [-0.4, -0.2) is 28.2 Å². The molecule has 0 bridgehead atoms. The van der Waals surface area contributed by atoms with E-state index in [0.29, 0.717) is 22.7 Å². The molecule has 154 valence electrons. The number of hydrogen-bond donors (Lipinski definition) is 1. The smallest absolute Gasteiger partial charge is 0.261 e. The SMILES string of the molecule is Cc1nn2c(-c3cccc(NS(=O)(=O)c4ccc(F)cc4)c3)nnc2c2ccccc12. The second-order valence-corrected chi connectivity index (χ2v) is 8.71. The number of anilines is 1. The molecule has 31 heavy (non-hydrogen) atoms. The number of halogens is 1. The number of rotatable bonds is 4. The quantitative estimate of drug-likeness (QED) is 0.459. The molecule has 0 aliphatic carbocycles. The van der Waals surface area contributed by atoms with Gasteiger partial charge in [0.2, 0.25) is 0 Å². The largest absolute Gasteiger partial charge is 0.280 e. The number of hydrogen-bond acceptors (Lipinski definition) is 5. The van der Waals surface area contributed by atoms with E-state index in [2.05, 4.69) is 20.0 Å². The van der Waals surface area contributed by atoms with Crippen molar-refractivity contribution in [3.8, 4) is 11.4 Å². The minimum atomic E-state index is -3.87. The average molecular weight is 433 g/mol. The molecule has 3 aromatic carbocycles. The maximum Gasteiger partial charge on any atom is 0.261 e. The fourth-order valence-electron chi connectivity index (χ4n) is 3.47. The van der Waals surface area contributed by atoms with Gasteiger partial charge in [-0.2, -0.15) is 9.61 Å². The number of aromatic nitrogens is 4. The number of nitrogens with one attached hydrogen (secondary N) is 1. The molecule has 0 spiro atoms. The minimum absolute atomic E-state index is 0.0315. The van der Waals surface area contributed by atoms with Gasteiger partial charge in [0.15, 0.2) is 11.5 Å². The fraction of sp³-hybridized carbons (Fsp3) is 0.0455. The third kappa shape index (κ3) is 3.38. The number of sulfonamides is 1. The molecule has 0 atom stereocenters. The lowest BCUT2D eigenvalue weighted by Gasteiger charge is -2.09. The highest BCUT2D eigenvalue weighted by atomic mass is 32.2. The highest BCUT2D eigenvalue weighted by Gasteiger charge is 2.17. The average Bonchev–Trinajstić information content (AvgIpc) is 3.18. The third-order valence-electron chi connectivity index (χ3n) is 4.95. The molecule has 7 nitrogen and oxygen atoms in total. The van der Waals surface area contributed by atoms with Gasteiger partial charge in [0, 0.05) is 22.0 Å². The zero-order valence-corrected chi connectivity index (χ0v) is 17.1. The monoisotopic (exact) mass is 433 g/mol. The highest BCUT2D eigenvalue weighted by Crippen LogP contribution is 2.27. The van der Waals surface area contributed by atoms with E-state index >= 15 is 0 Å². The summed E-state index contributed by atoms with van der Waals surface area (Å²) in [6.45, 7) is 1.92. The lowest BCUT2D eigenvalue weighted by Crippen LogP contribution is -2.13. The van der Waals surface area contributed by atoms with Crippen molar-refractivity contribution in [1.82, 2.24) is 19.8 Å². The van der Waals surface area contributed by atoms with E-state index in [1.807, 2.05) is 31.2 Å². The normalized spacial score (nSPS) is 11.8. The first-order valence-electron chi connectivity index (χ1n) is 9.42. The van der Waals surface area contributed by atoms with Gasteiger partial charge in [-0.05, 0) is 43.3 Å². The Balaban J connectivity index is 1.56. The molecule has 5 aromatic rings. The van der Waals surface area contributed by atoms with E-state index in [0.717, 1.165) is 28.6 Å². The topological polar surface area (TPSA) is 89.2 Å². The first-order chi connectivity index (χ1) is 14.9. The van der Waals surface area contributed by atoms with E-state index < -0.39 is 15.8 Å². The van der Waals surface area contributed by atoms with E-state index in [1.165, 1.54) is 12.1 Å². The third-order valence-corrected chi connectivity index (χ3v) is 6.34. The second-order valence-electron chi connectivity index (χ2n) is 7.03. The molecular formula is C22H16FN5O2S. The van der Waals surface area contributed by atoms with Gasteiger partial charge >= 0.3 is 0 Å². The molecule has 0 unspecified atom stereocenters. The molecule has 2 aromatic heterocycles. The number of aryl methyl sites for hydroxylation is 1. The maximum atomic E-state index is 13.1. The van der Waals surface area contributed by atoms with Crippen LogP contribution in [0.3, 0.4) is 0 Å². The van der Waals surface area contributed by atoms with Gasteiger partial charge in [-0.15, -0.1) is 10.2 Å². The van der Waals surface area contributed by atoms with E-state index in [4.69, 9.17) is 0 Å². The van der Waals surface area contributed by atoms with Crippen LogP contribution < -0.4 is 4.72 Å². The molecular weight excluding hydrogens is 417 g/mol. The van der Waals surface area contributed by atoms with Crippen molar-refractivity contribution in [1.29, 1.82) is 0 Å². The van der Waals surface area contributed by atoms with Crippen LogP contribution in [0.15, 0.2) is 77.7 Å². The lowest BCUT2D eigenvalue weighted by atomic mass is 10.1. The Hall–Kier alpha value is -3.85. The Kier molecular flexibility index (Phi) is 4.40. The van der Waals surface area contributed by atoms with Crippen molar-refractivity contribution in [3.63, 3.8) is 0 Å². The van der Waals surface area contributed by atoms with Crippen molar-refractivity contribution in [2.24, 2.45) is 0 Å². The molecule has 1 N–H and O–H groups in total. The van der Waals surface area contributed by atoms with Gasteiger partial charge in [-0.1, -0.05) is 36.4 Å². The number of fused-ring (bicyclic) bond motifs is 3. The second kappa shape index (κ2) is 7.13. The standard InChI is InChI=1S/C22H16FN5O2S/c1-14-19-7-2-3-8-20(19)22-25-24-21(28(22)26-14)15-5-4-6-17(13-15)27-31(29,30)18-11-9-16(23)10-12-18/h2-13,27H,1H3. The molecule has 0 radical (unpaired) electrons. The Morgan fingerprint density at radius 3 is 2.42 bits per heavy atom. The predicted octanol–water partition coefficient (Wildman–Crippen LogP) is 4.19. The van der Waals surface area contributed by atoms with Crippen LogP contribution in [-0.2, 0) is 10.0 Å². The highest BCUT2D eigenvalue weighted by molar-refractivity contribution is 7.92. The van der Waals surface area contributed by atoms with Crippen LogP contribution in [0.2, 0.25) is 0 Å². The Morgan fingerprint density at radius 2 is 1.65 bits per heavy atom. The van der Waals surface area contributed by atoms with Crippen LogP contribution in [0, 0.1) is 12.7 Å². The zero-order valence-electron chi connectivity index (χ0n) is 16.3. The van der Waals surface area contributed by atoms with Crippen molar-refractivity contribution < 1.29 is 12.8 Å². The van der Waals surface area contributed by atoms with Gasteiger partial charge in [-0.3, -0.25) is 4.72 Å². The molecule has 2 heterocycles. The predicted molar refractivity (Wildman–Crippen MR) is 116 cm³/mol. The molecule has 0 aliphatic heterocycles. The molecule has 0 fully saturated rings. The Morgan fingerprint density at radius 1 is 0.903 bits per heavy atom. The summed E-state index contributed by atoms with van der Waals surface area (Å²) >= 11 is 0. The van der Waals surface area contributed by atoms with Crippen molar-refractivity contribution >= 4 is 32.1 Å². The van der Waals surface area contributed by atoms with Gasteiger partial charge in [-0.25, -0.2) is 12.8 Å². The van der Waals surface area contributed by atoms with Crippen LogP contribution in [0.4, 0.5) is 10.1 Å². The molecule has 9 heteroatoms. The van der Waals surface area contributed by atoms with Gasteiger partial charge < -0.3 is 0 Å². The van der Waals surface area contributed by atoms with Crippen LogP contribution in [0.5, 0.6) is 0 Å². The summed E-state index contributed by atoms with van der Waals surface area (Å²) in [6.07, 6.45) is 0. The molecule has 0 saturated heterocycles. The molecule has 0 saturated carbocycles. The van der Waals surface area contributed by atoms with Crippen LogP contribution >= 0.6 is 0 Å². The van der Waals surface area contributed by atoms with Crippen LogP contribution in [0.25, 0.3) is 27.8 Å². The summed E-state index contributed by atoms with van der Waals surface area (Å²) in [5, 5.41) is 15.1. The van der Waals surface area contributed by atoms with E-state index in [-0.39, 0.29) is 4.90 Å². The first-order valence-corrected chi connectivity index (χ1v) is 10.9. The Labute approximate surface area is 177 Å². The number of nitrogens with zero attached hydrogens (tertiary/aromatic N) is 4. The van der Waals surface area contributed by atoms with Gasteiger partial charge in [0.05, 0.1) is 10.6 Å². The minimum Gasteiger partial charge on any atom is -0.280 e. The fourth-order valence-corrected chi connectivity index (χ4v) is 4.52. The summed E-state index contributed by atoms with van der Waals surface area (Å²) in [6, 6.07) is 19.3. The van der Waals surface area contributed by atoms with Gasteiger partial charge in [0.1, 0.15) is 5.82 Å². The van der Waals surface area contributed by atoms with Crippen molar-refractivity contribution in [2.75, 3.05) is 4.72 Å². The maximum absolute atomic E-state index is 13.1. The van der Waals surface area contributed by atoms with E-state index in [9.17, 15) is 12.8 Å². The lowest BCUT2D eigenvalue weighted by molar-refractivity contribution is 0.599. The van der Waals surface area contributed by atoms with Crippen molar-refractivity contribution in [2.45, 2.75) is 11.8 Å². The summed E-state index contributed by atoms with van der Waals surface area (Å²) < 4.78 is 42.6. The molecule has 5 rings (SSSR count). The molecule has 0 aliphatic rings. The van der Waals surface area contributed by atoms with Crippen molar-refractivity contribution in [3.05, 3.63) is 84.3 Å². The first kappa shape index (κ1) is 19.1. The van der Waals surface area contributed by atoms with Crippen LogP contribution in [0.1, 0.15) is 5.69 Å². The number of benzene rings is 3. The molecule has 0 amide bonds. The summed E-state index contributed by atoms with van der Waals surface area (Å²) in [7, 11) is -3.87. The van der Waals surface area contributed by atoms with E-state index in [1.54, 1.807) is 28.8 Å².